The Morgan fingerprint density at radius 3 is 2.44 bits per heavy atom. The summed E-state index contributed by atoms with van der Waals surface area (Å²) in [5.41, 5.74) is 3.25. The minimum absolute atomic E-state index is 0.0929. The monoisotopic (exact) mass is 335 g/mol. The van der Waals surface area contributed by atoms with E-state index in [0.29, 0.717) is 22.9 Å². The van der Waals surface area contributed by atoms with Crippen molar-refractivity contribution in [1.82, 2.24) is 0 Å². The molecular formula is C21H21NO3. The van der Waals surface area contributed by atoms with Crippen LogP contribution in [0.4, 0.5) is 0 Å². The lowest BCUT2D eigenvalue weighted by Crippen LogP contribution is -2.10. The molecule has 0 N–H and O–H groups in total. The fourth-order valence-electron chi connectivity index (χ4n) is 2.53. The number of cyclic esters (lactones) is 1. The van der Waals surface area contributed by atoms with Crippen LogP contribution >= 0.6 is 0 Å². The lowest BCUT2D eigenvalue weighted by atomic mass is 9.87. The van der Waals surface area contributed by atoms with Gasteiger partial charge >= 0.3 is 5.97 Å². The van der Waals surface area contributed by atoms with Gasteiger partial charge in [0, 0.05) is 5.56 Å². The molecule has 0 saturated carbocycles. The summed E-state index contributed by atoms with van der Waals surface area (Å²) in [4.78, 5) is 16.4. The first kappa shape index (κ1) is 17.0. The maximum Gasteiger partial charge on any atom is 0.363 e. The van der Waals surface area contributed by atoms with Crippen molar-refractivity contribution >= 4 is 17.9 Å². The van der Waals surface area contributed by atoms with Crippen molar-refractivity contribution in [2.75, 3.05) is 7.11 Å². The van der Waals surface area contributed by atoms with E-state index in [2.05, 4.69) is 37.9 Å². The van der Waals surface area contributed by atoms with Crippen LogP contribution in [0.1, 0.15) is 37.5 Å². The van der Waals surface area contributed by atoms with Crippen molar-refractivity contribution in [3.63, 3.8) is 0 Å². The summed E-state index contributed by atoms with van der Waals surface area (Å²) in [6.07, 6.45) is 1.74. The van der Waals surface area contributed by atoms with E-state index in [0.717, 1.165) is 5.56 Å². The number of aliphatic imine (C=N–C) groups is 1. The van der Waals surface area contributed by atoms with Crippen LogP contribution in [0.25, 0.3) is 6.08 Å². The average Bonchev–Trinajstić information content (AvgIpc) is 2.95. The normalized spacial score (nSPS) is 15.9. The van der Waals surface area contributed by atoms with Crippen LogP contribution in [0.3, 0.4) is 0 Å². The zero-order valence-electron chi connectivity index (χ0n) is 14.9. The van der Waals surface area contributed by atoms with Gasteiger partial charge in [-0.3, -0.25) is 0 Å². The summed E-state index contributed by atoms with van der Waals surface area (Å²) in [6.45, 7) is 6.50. The third-order valence-corrected chi connectivity index (χ3v) is 4.02. The van der Waals surface area contributed by atoms with Crippen LogP contribution in [0, 0.1) is 0 Å². The molecule has 2 aromatic rings. The van der Waals surface area contributed by atoms with E-state index in [1.165, 1.54) is 5.56 Å². The zero-order chi connectivity index (χ0) is 18.0. The molecule has 3 rings (SSSR count). The molecule has 0 unspecified atom stereocenters. The molecule has 0 spiro atoms. The predicted octanol–water partition coefficient (Wildman–Crippen LogP) is 4.34. The molecule has 0 aliphatic carbocycles. The highest BCUT2D eigenvalue weighted by Gasteiger charge is 2.24. The molecule has 0 radical (unpaired) electrons. The standard InChI is InChI=1S/C21H21NO3/c1-21(2,3)16-10-8-14(9-11-16)12-18-20(23)25-19(22-18)15-6-5-7-17(13-15)24-4/h5-13H,1-4H3. The molecule has 1 heterocycles. The zero-order valence-corrected chi connectivity index (χ0v) is 14.9. The Kier molecular flexibility index (Phi) is 4.45. The first-order valence-electron chi connectivity index (χ1n) is 8.14. The molecule has 4 heteroatoms. The third-order valence-electron chi connectivity index (χ3n) is 4.02. The lowest BCUT2D eigenvalue weighted by Gasteiger charge is -2.18. The van der Waals surface area contributed by atoms with Gasteiger partial charge in [-0.05, 0) is 40.8 Å². The summed E-state index contributed by atoms with van der Waals surface area (Å²) in [5.74, 6) is 0.533. The van der Waals surface area contributed by atoms with Gasteiger partial charge in [0.2, 0.25) is 5.90 Å². The van der Waals surface area contributed by atoms with Gasteiger partial charge in [-0.2, -0.15) is 0 Å². The van der Waals surface area contributed by atoms with Crippen molar-refractivity contribution in [3.8, 4) is 5.75 Å². The van der Waals surface area contributed by atoms with Gasteiger partial charge in [0.15, 0.2) is 5.70 Å². The number of hydrogen-bond donors (Lipinski definition) is 0. The molecule has 0 amide bonds. The highest BCUT2D eigenvalue weighted by atomic mass is 16.6. The summed E-state index contributed by atoms with van der Waals surface area (Å²) < 4.78 is 10.5. The number of esters is 1. The number of methoxy groups -OCH3 is 1. The Hall–Kier alpha value is -2.88. The molecular weight excluding hydrogens is 314 g/mol. The first-order chi connectivity index (χ1) is 11.9. The topological polar surface area (TPSA) is 47.9 Å². The van der Waals surface area contributed by atoms with E-state index in [4.69, 9.17) is 9.47 Å². The third kappa shape index (κ3) is 3.79. The number of hydrogen-bond acceptors (Lipinski definition) is 4. The molecule has 0 atom stereocenters. The van der Waals surface area contributed by atoms with Gasteiger partial charge < -0.3 is 9.47 Å². The van der Waals surface area contributed by atoms with E-state index < -0.39 is 5.97 Å². The van der Waals surface area contributed by atoms with E-state index in [1.807, 2.05) is 30.3 Å². The Morgan fingerprint density at radius 1 is 1.08 bits per heavy atom. The lowest BCUT2D eigenvalue weighted by molar-refractivity contribution is -0.129. The second-order valence-corrected chi connectivity index (χ2v) is 6.94. The van der Waals surface area contributed by atoms with E-state index in [9.17, 15) is 4.79 Å². The molecule has 128 valence electrons. The quantitative estimate of drug-likeness (QED) is 0.619. The second kappa shape index (κ2) is 6.55. The molecule has 1 aliphatic heterocycles. The van der Waals surface area contributed by atoms with Crippen molar-refractivity contribution in [1.29, 1.82) is 0 Å². The van der Waals surface area contributed by atoms with Gasteiger partial charge in [-0.1, -0.05) is 51.1 Å². The predicted molar refractivity (Wildman–Crippen MR) is 98.7 cm³/mol. The Labute approximate surface area is 147 Å². The summed E-state index contributed by atoms with van der Waals surface area (Å²) in [6, 6.07) is 15.4. The van der Waals surface area contributed by atoms with E-state index in [1.54, 1.807) is 19.3 Å². The van der Waals surface area contributed by atoms with E-state index >= 15 is 0 Å². The summed E-state index contributed by atoms with van der Waals surface area (Å²) in [5, 5.41) is 0. The minimum Gasteiger partial charge on any atom is -0.497 e. The molecule has 0 saturated heterocycles. The fraction of sp³-hybridized carbons (Fsp3) is 0.238. The number of nitrogens with zero attached hydrogens (tertiary/aromatic N) is 1. The van der Waals surface area contributed by atoms with Crippen molar-refractivity contribution in [3.05, 3.63) is 70.9 Å². The van der Waals surface area contributed by atoms with E-state index in [-0.39, 0.29) is 5.41 Å². The van der Waals surface area contributed by atoms with Crippen LogP contribution < -0.4 is 4.74 Å². The van der Waals surface area contributed by atoms with Gasteiger partial charge in [0.1, 0.15) is 5.75 Å². The largest absolute Gasteiger partial charge is 0.497 e. The molecule has 0 bridgehead atoms. The fourth-order valence-corrected chi connectivity index (χ4v) is 2.53. The molecule has 4 nitrogen and oxygen atoms in total. The van der Waals surface area contributed by atoms with Crippen molar-refractivity contribution < 1.29 is 14.3 Å². The smallest absolute Gasteiger partial charge is 0.363 e. The van der Waals surface area contributed by atoms with Gasteiger partial charge in [-0.25, -0.2) is 9.79 Å². The molecule has 2 aromatic carbocycles. The second-order valence-electron chi connectivity index (χ2n) is 6.94. The Morgan fingerprint density at radius 2 is 1.80 bits per heavy atom. The SMILES string of the molecule is COc1cccc(C2=NC(=Cc3ccc(C(C)(C)C)cc3)C(=O)O2)c1. The number of carbonyl (C=O) groups is 1. The number of carbonyl (C=O) groups excluding carboxylic acids is 1. The Balaban J connectivity index is 1.88. The van der Waals surface area contributed by atoms with Crippen LogP contribution in [-0.4, -0.2) is 19.0 Å². The number of rotatable bonds is 3. The van der Waals surface area contributed by atoms with Gasteiger partial charge in [0.25, 0.3) is 0 Å². The average molecular weight is 335 g/mol. The van der Waals surface area contributed by atoms with Crippen molar-refractivity contribution in [2.45, 2.75) is 26.2 Å². The van der Waals surface area contributed by atoms with Crippen LogP contribution in [-0.2, 0) is 14.9 Å². The molecule has 25 heavy (non-hydrogen) atoms. The number of ether oxygens (including phenoxy) is 2. The maximum absolute atomic E-state index is 12.1. The Bertz CT molecular complexity index is 855. The number of benzene rings is 2. The molecule has 0 aromatic heterocycles. The van der Waals surface area contributed by atoms with Crippen LogP contribution in [0.5, 0.6) is 5.75 Å². The maximum atomic E-state index is 12.1. The van der Waals surface area contributed by atoms with Crippen LogP contribution in [0.2, 0.25) is 0 Å². The minimum atomic E-state index is -0.447. The van der Waals surface area contributed by atoms with Crippen LogP contribution in [0.15, 0.2) is 59.2 Å². The van der Waals surface area contributed by atoms with Gasteiger partial charge in [-0.15, -0.1) is 0 Å². The molecule has 0 fully saturated rings. The summed E-state index contributed by atoms with van der Waals surface area (Å²) >= 11 is 0. The van der Waals surface area contributed by atoms with Crippen molar-refractivity contribution in [2.24, 2.45) is 4.99 Å². The summed E-state index contributed by atoms with van der Waals surface area (Å²) in [7, 11) is 1.59. The first-order valence-corrected chi connectivity index (χ1v) is 8.14. The highest BCUT2D eigenvalue weighted by Crippen LogP contribution is 2.24. The molecule has 1 aliphatic rings. The van der Waals surface area contributed by atoms with Gasteiger partial charge in [0.05, 0.1) is 7.11 Å². The highest BCUT2D eigenvalue weighted by molar-refractivity contribution is 6.12.